The molecule has 7 nitrogen and oxygen atoms in total. The van der Waals surface area contributed by atoms with Crippen LogP contribution in [0.25, 0.3) is 0 Å². The molecule has 0 bridgehead atoms. The summed E-state index contributed by atoms with van der Waals surface area (Å²) in [6.45, 7) is 3.08. The standard InChI is InChI=1S/C13H15BrClN3O4/c1-7(2)16-12(20)13(21)18-17-11(19)6-22-10-4-3-8(15)5-9(10)14/h3-5,7H,6H2,1-2H3,(H,16,20)(H,17,19)(H,18,21). The highest BCUT2D eigenvalue weighted by Gasteiger charge is 2.15. The fourth-order valence-electron chi connectivity index (χ4n) is 1.28. The van der Waals surface area contributed by atoms with Crippen LogP contribution in [0, 0.1) is 0 Å². The number of hydrogen-bond donors (Lipinski definition) is 3. The molecule has 0 heterocycles. The normalized spacial score (nSPS) is 10.0. The fraction of sp³-hybridized carbons (Fsp3) is 0.308. The molecular formula is C13H15BrClN3O4. The Morgan fingerprint density at radius 1 is 1.23 bits per heavy atom. The second kappa shape index (κ2) is 8.60. The largest absolute Gasteiger partial charge is 0.483 e. The number of benzene rings is 1. The van der Waals surface area contributed by atoms with E-state index in [1.54, 1.807) is 32.0 Å². The lowest BCUT2D eigenvalue weighted by Gasteiger charge is -2.11. The summed E-state index contributed by atoms with van der Waals surface area (Å²) in [6, 6.07) is 4.64. The molecule has 0 aliphatic carbocycles. The number of carbonyl (C=O) groups is 3. The molecule has 0 unspecified atom stereocenters. The number of ether oxygens (including phenoxy) is 1. The average molecular weight is 393 g/mol. The molecule has 0 radical (unpaired) electrons. The van der Waals surface area contributed by atoms with Crippen molar-refractivity contribution in [2.24, 2.45) is 0 Å². The van der Waals surface area contributed by atoms with Gasteiger partial charge in [0.25, 0.3) is 5.91 Å². The van der Waals surface area contributed by atoms with Gasteiger partial charge >= 0.3 is 11.8 Å². The zero-order chi connectivity index (χ0) is 16.7. The maximum absolute atomic E-state index is 11.5. The van der Waals surface area contributed by atoms with E-state index in [-0.39, 0.29) is 12.6 Å². The van der Waals surface area contributed by atoms with E-state index in [1.165, 1.54) is 0 Å². The molecule has 0 aliphatic rings. The van der Waals surface area contributed by atoms with Gasteiger partial charge < -0.3 is 10.1 Å². The van der Waals surface area contributed by atoms with Gasteiger partial charge in [-0.2, -0.15) is 0 Å². The monoisotopic (exact) mass is 391 g/mol. The number of halogens is 2. The van der Waals surface area contributed by atoms with Crippen LogP contribution in [0.5, 0.6) is 5.75 Å². The Hall–Kier alpha value is -1.80. The van der Waals surface area contributed by atoms with Gasteiger partial charge in [0, 0.05) is 11.1 Å². The first-order chi connectivity index (χ1) is 10.3. The van der Waals surface area contributed by atoms with Gasteiger partial charge in [-0.1, -0.05) is 11.6 Å². The molecule has 3 N–H and O–H groups in total. The van der Waals surface area contributed by atoms with Crippen molar-refractivity contribution in [3.63, 3.8) is 0 Å². The van der Waals surface area contributed by atoms with Crippen LogP contribution in [0.2, 0.25) is 5.02 Å². The van der Waals surface area contributed by atoms with E-state index >= 15 is 0 Å². The fourth-order valence-corrected chi connectivity index (χ4v) is 2.08. The first-order valence-electron chi connectivity index (χ1n) is 6.27. The maximum Gasteiger partial charge on any atom is 0.327 e. The zero-order valence-corrected chi connectivity index (χ0v) is 14.2. The average Bonchev–Trinajstić information content (AvgIpc) is 2.43. The molecule has 9 heteroatoms. The van der Waals surface area contributed by atoms with Crippen LogP contribution in [0.1, 0.15) is 13.8 Å². The van der Waals surface area contributed by atoms with Crippen molar-refractivity contribution in [3.8, 4) is 5.75 Å². The van der Waals surface area contributed by atoms with Crippen molar-refractivity contribution in [3.05, 3.63) is 27.7 Å². The van der Waals surface area contributed by atoms with Crippen LogP contribution in [-0.4, -0.2) is 30.4 Å². The van der Waals surface area contributed by atoms with Crippen LogP contribution >= 0.6 is 27.5 Å². The van der Waals surface area contributed by atoms with Gasteiger partial charge in [0.1, 0.15) is 5.75 Å². The number of hydrogen-bond acceptors (Lipinski definition) is 4. The first kappa shape index (κ1) is 18.2. The molecule has 0 aliphatic heterocycles. The maximum atomic E-state index is 11.5. The van der Waals surface area contributed by atoms with E-state index in [1.807, 2.05) is 5.43 Å². The van der Waals surface area contributed by atoms with Crippen molar-refractivity contribution < 1.29 is 19.1 Å². The molecule has 1 rings (SSSR count). The van der Waals surface area contributed by atoms with Gasteiger partial charge in [0.05, 0.1) is 4.47 Å². The molecule has 3 amide bonds. The van der Waals surface area contributed by atoms with Crippen molar-refractivity contribution in [2.75, 3.05) is 6.61 Å². The minimum absolute atomic E-state index is 0.181. The van der Waals surface area contributed by atoms with Crippen molar-refractivity contribution in [2.45, 2.75) is 19.9 Å². The Morgan fingerprint density at radius 2 is 1.91 bits per heavy atom. The number of hydrazine groups is 1. The predicted molar refractivity (Wildman–Crippen MR) is 84.2 cm³/mol. The Kier molecular flexibility index (Phi) is 7.13. The van der Waals surface area contributed by atoms with Gasteiger partial charge in [-0.15, -0.1) is 0 Å². The smallest absolute Gasteiger partial charge is 0.327 e. The SMILES string of the molecule is CC(C)NC(=O)C(=O)NNC(=O)COc1ccc(Cl)cc1Br. The number of rotatable bonds is 4. The molecule has 1 aromatic rings. The minimum atomic E-state index is -0.963. The topological polar surface area (TPSA) is 96.5 Å². The van der Waals surface area contributed by atoms with Crippen molar-refractivity contribution in [1.29, 1.82) is 0 Å². The lowest BCUT2D eigenvalue weighted by molar-refractivity contribution is -0.141. The van der Waals surface area contributed by atoms with Gasteiger partial charge in [-0.25, -0.2) is 0 Å². The van der Waals surface area contributed by atoms with E-state index in [9.17, 15) is 14.4 Å². The summed E-state index contributed by atoms with van der Waals surface area (Å²) in [5, 5.41) is 2.91. The zero-order valence-electron chi connectivity index (χ0n) is 11.9. The van der Waals surface area contributed by atoms with Crippen LogP contribution < -0.4 is 20.9 Å². The molecule has 1 aromatic carbocycles. The van der Waals surface area contributed by atoms with Crippen LogP contribution in [-0.2, 0) is 14.4 Å². The summed E-state index contributed by atoms with van der Waals surface area (Å²) < 4.78 is 5.83. The Labute approximate surface area is 140 Å². The summed E-state index contributed by atoms with van der Waals surface area (Å²) in [5.41, 5.74) is 4.06. The summed E-state index contributed by atoms with van der Waals surface area (Å²) in [6.07, 6.45) is 0. The molecule has 0 saturated heterocycles. The van der Waals surface area contributed by atoms with Gasteiger partial charge in [-0.3, -0.25) is 25.2 Å². The molecule has 0 fully saturated rings. The molecular weight excluding hydrogens is 378 g/mol. The molecule has 0 atom stereocenters. The lowest BCUT2D eigenvalue weighted by Crippen LogP contribution is -2.50. The summed E-state index contributed by atoms with van der Waals surface area (Å²) in [5.74, 6) is -2.00. The highest BCUT2D eigenvalue weighted by Crippen LogP contribution is 2.27. The Bertz CT molecular complexity index is 580. The highest BCUT2D eigenvalue weighted by molar-refractivity contribution is 9.10. The van der Waals surface area contributed by atoms with Crippen molar-refractivity contribution >= 4 is 45.3 Å². The van der Waals surface area contributed by atoms with Gasteiger partial charge in [0.15, 0.2) is 6.61 Å². The van der Waals surface area contributed by atoms with Gasteiger partial charge in [0.2, 0.25) is 0 Å². The van der Waals surface area contributed by atoms with E-state index in [2.05, 4.69) is 26.7 Å². The molecule has 0 aromatic heterocycles. The Morgan fingerprint density at radius 3 is 2.50 bits per heavy atom. The third-order valence-corrected chi connectivity index (χ3v) is 3.05. The second-order valence-corrected chi connectivity index (χ2v) is 5.78. The summed E-state index contributed by atoms with van der Waals surface area (Å²) in [7, 11) is 0. The molecule has 22 heavy (non-hydrogen) atoms. The van der Waals surface area contributed by atoms with Gasteiger partial charge in [-0.05, 0) is 48.0 Å². The summed E-state index contributed by atoms with van der Waals surface area (Å²) >= 11 is 9.02. The molecule has 0 saturated carbocycles. The third-order valence-electron chi connectivity index (χ3n) is 2.19. The molecule has 0 spiro atoms. The van der Waals surface area contributed by atoms with E-state index < -0.39 is 17.7 Å². The highest BCUT2D eigenvalue weighted by atomic mass is 79.9. The second-order valence-electron chi connectivity index (χ2n) is 4.49. The molecule has 120 valence electrons. The van der Waals surface area contributed by atoms with Crippen LogP contribution in [0.3, 0.4) is 0 Å². The number of nitrogens with one attached hydrogen (secondary N) is 3. The lowest BCUT2D eigenvalue weighted by atomic mass is 10.3. The van der Waals surface area contributed by atoms with E-state index in [0.29, 0.717) is 15.2 Å². The van der Waals surface area contributed by atoms with Crippen LogP contribution in [0.4, 0.5) is 0 Å². The predicted octanol–water partition coefficient (Wildman–Crippen LogP) is 1.15. The third kappa shape index (κ3) is 6.31. The van der Waals surface area contributed by atoms with E-state index in [0.717, 1.165) is 0 Å². The van der Waals surface area contributed by atoms with E-state index in [4.69, 9.17) is 16.3 Å². The summed E-state index contributed by atoms with van der Waals surface area (Å²) in [4.78, 5) is 34.2. The Balaban J connectivity index is 2.37. The number of amides is 3. The number of carbonyl (C=O) groups excluding carboxylic acids is 3. The minimum Gasteiger partial charge on any atom is -0.483 e. The van der Waals surface area contributed by atoms with Crippen LogP contribution in [0.15, 0.2) is 22.7 Å². The van der Waals surface area contributed by atoms with Crippen molar-refractivity contribution in [1.82, 2.24) is 16.2 Å². The first-order valence-corrected chi connectivity index (χ1v) is 7.44. The quantitative estimate of drug-likeness (QED) is 0.529.